The molecular formula is C14H22N6. The van der Waals surface area contributed by atoms with Crippen molar-refractivity contribution in [3.8, 4) is 0 Å². The van der Waals surface area contributed by atoms with Gasteiger partial charge < -0.3 is 5.32 Å². The van der Waals surface area contributed by atoms with Gasteiger partial charge in [-0.25, -0.2) is 19.6 Å². The zero-order chi connectivity index (χ0) is 14.4. The van der Waals surface area contributed by atoms with E-state index in [0.717, 1.165) is 30.9 Å². The lowest BCUT2D eigenvalue weighted by molar-refractivity contribution is 0.446. The maximum atomic E-state index is 4.39. The molecule has 0 aliphatic heterocycles. The van der Waals surface area contributed by atoms with Gasteiger partial charge in [-0.05, 0) is 12.5 Å². The number of hydrogen-bond donors (Lipinski definition) is 1. The Labute approximate surface area is 119 Å². The smallest absolute Gasteiger partial charge is 0.138 e. The molecule has 2 rings (SSSR count). The van der Waals surface area contributed by atoms with Crippen LogP contribution in [0.15, 0.2) is 25.0 Å². The van der Waals surface area contributed by atoms with Crippen LogP contribution in [0.3, 0.4) is 0 Å². The summed E-state index contributed by atoms with van der Waals surface area (Å²) in [6.45, 7) is 8.23. The minimum atomic E-state index is 0.163. The van der Waals surface area contributed by atoms with E-state index < -0.39 is 0 Å². The number of nitrogens with one attached hydrogen (secondary N) is 1. The normalized spacial score (nSPS) is 12.8. The highest BCUT2D eigenvalue weighted by molar-refractivity contribution is 5.11. The quantitative estimate of drug-likeness (QED) is 0.831. The lowest BCUT2D eigenvalue weighted by atomic mass is 10.1. The first-order valence-corrected chi connectivity index (χ1v) is 7.05. The topological polar surface area (TPSA) is 68.5 Å². The van der Waals surface area contributed by atoms with Gasteiger partial charge in [0.05, 0.1) is 0 Å². The molecule has 0 saturated carbocycles. The van der Waals surface area contributed by atoms with Gasteiger partial charge in [-0.1, -0.05) is 20.8 Å². The molecule has 1 atom stereocenters. The number of aromatic nitrogens is 5. The summed E-state index contributed by atoms with van der Waals surface area (Å²) in [7, 11) is 0. The van der Waals surface area contributed by atoms with Crippen LogP contribution in [-0.2, 0) is 13.0 Å². The van der Waals surface area contributed by atoms with Gasteiger partial charge in [-0.15, -0.1) is 0 Å². The summed E-state index contributed by atoms with van der Waals surface area (Å²) >= 11 is 0. The fraction of sp³-hybridized carbons (Fsp3) is 0.571. The molecule has 0 aromatic carbocycles. The molecule has 6 nitrogen and oxygen atoms in total. The van der Waals surface area contributed by atoms with E-state index in [4.69, 9.17) is 0 Å². The predicted molar refractivity (Wildman–Crippen MR) is 77.0 cm³/mol. The molecule has 0 bridgehead atoms. The van der Waals surface area contributed by atoms with Gasteiger partial charge in [0.2, 0.25) is 0 Å². The second-order valence-electron chi connectivity index (χ2n) is 5.24. The Morgan fingerprint density at radius 2 is 1.95 bits per heavy atom. The Morgan fingerprint density at radius 3 is 2.60 bits per heavy atom. The molecule has 2 aromatic heterocycles. The van der Waals surface area contributed by atoms with E-state index in [-0.39, 0.29) is 6.04 Å². The molecule has 0 fully saturated rings. The van der Waals surface area contributed by atoms with E-state index in [1.54, 1.807) is 12.7 Å². The minimum Gasteiger partial charge on any atom is -0.310 e. The average Bonchev–Trinajstić information content (AvgIpc) is 2.86. The zero-order valence-corrected chi connectivity index (χ0v) is 12.3. The van der Waals surface area contributed by atoms with Crippen molar-refractivity contribution in [3.05, 3.63) is 36.4 Å². The molecule has 0 spiro atoms. The van der Waals surface area contributed by atoms with Crippen LogP contribution in [0.2, 0.25) is 0 Å². The van der Waals surface area contributed by atoms with Crippen LogP contribution >= 0.6 is 0 Å². The summed E-state index contributed by atoms with van der Waals surface area (Å²) in [5, 5.41) is 7.77. The Kier molecular flexibility index (Phi) is 5.17. The third-order valence-electron chi connectivity index (χ3n) is 3.05. The van der Waals surface area contributed by atoms with Crippen molar-refractivity contribution in [1.29, 1.82) is 0 Å². The van der Waals surface area contributed by atoms with Gasteiger partial charge in [0.15, 0.2) is 0 Å². The molecular weight excluding hydrogens is 252 g/mol. The first-order valence-electron chi connectivity index (χ1n) is 7.05. The average molecular weight is 274 g/mol. The lowest BCUT2D eigenvalue weighted by Crippen LogP contribution is -2.25. The van der Waals surface area contributed by atoms with Gasteiger partial charge in [0.25, 0.3) is 0 Å². The van der Waals surface area contributed by atoms with Crippen molar-refractivity contribution in [2.75, 3.05) is 6.54 Å². The first-order chi connectivity index (χ1) is 9.70. The predicted octanol–water partition coefficient (Wildman–Crippen LogP) is 1.62. The fourth-order valence-corrected chi connectivity index (χ4v) is 2.17. The number of rotatable bonds is 7. The molecule has 1 N–H and O–H groups in total. The largest absolute Gasteiger partial charge is 0.310 e. The second kappa shape index (κ2) is 7.09. The van der Waals surface area contributed by atoms with Gasteiger partial charge in [-0.3, -0.25) is 0 Å². The van der Waals surface area contributed by atoms with Gasteiger partial charge in [0, 0.05) is 37.0 Å². The highest BCUT2D eigenvalue weighted by Gasteiger charge is 2.16. The number of nitrogens with zero attached hydrogens (tertiary/aromatic N) is 5. The summed E-state index contributed by atoms with van der Waals surface area (Å²) in [6.07, 6.45) is 7.66. The Balaban J connectivity index is 2.14. The van der Waals surface area contributed by atoms with Crippen molar-refractivity contribution in [3.63, 3.8) is 0 Å². The van der Waals surface area contributed by atoms with Crippen LogP contribution in [0.4, 0.5) is 0 Å². The Bertz CT molecular complexity index is 507. The molecule has 0 aliphatic carbocycles. The van der Waals surface area contributed by atoms with Gasteiger partial charge >= 0.3 is 0 Å². The summed E-state index contributed by atoms with van der Waals surface area (Å²) in [4.78, 5) is 12.6. The van der Waals surface area contributed by atoms with E-state index in [1.807, 2.05) is 17.1 Å². The molecule has 0 amide bonds. The molecule has 6 heteroatoms. The van der Waals surface area contributed by atoms with E-state index in [9.17, 15) is 0 Å². The van der Waals surface area contributed by atoms with Crippen LogP contribution < -0.4 is 5.32 Å². The summed E-state index contributed by atoms with van der Waals surface area (Å²) in [5.41, 5.74) is 1.08. The number of hydrogen-bond acceptors (Lipinski definition) is 5. The molecule has 0 aliphatic rings. The molecule has 2 aromatic rings. The van der Waals surface area contributed by atoms with Crippen LogP contribution in [0.5, 0.6) is 0 Å². The van der Waals surface area contributed by atoms with E-state index in [1.165, 1.54) is 0 Å². The maximum absolute atomic E-state index is 4.39. The van der Waals surface area contributed by atoms with Crippen LogP contribution in [0.25, 0.3) is 0 Å². The highest BCUT2D eigenvalue weighted by atomic mass is 15.3. The third kappa shape index (κ3) is 3.84. The molecule has 1 unspecified atom stereocenters. The molecule has 0 radical (unpaired) electrons. The van der Waals surface area contributed by atoms with Crippen molar-refractivity contribution in [2.45, 2.75) is 39.8 Å². The summed E-state index contributed by atoms with van der Waals surface area (Å²) < 4.78 is 1.98. The highest BCUT2D eigenvalue weighted by Crippen LogP contribution is 2.16. The van der Waals surface area contributed by atoms with Crippen molar-refractivity contribution >= 4 is 0 Å². The molecule has 108 valence electrons. The number of likely N-dealkylation sites (N-methyl/N-ethyl adjacent to an activating group) is 1. The van der Waals surface area contributed by atoms with Gasteiger partial charge in [0.1, 0.15) is 18.5 Å². The Morgan fingerprint density at radius 1 is 1.20 bits per heavy atom. The summed E-state index contributed by atoms with van der Waals surface area (Å²) in [5.74, 6) is 1.54. The summed E-state index contributed by atoms with van der Waals surface area (Å²) in [6, 6.07) is 0.163. The Hall–Kier alpha value is -1.82. The lowest BCUT2D eigenvalue weighted by Gasteiger charge is -2.18. The minimum absolute atomic E-state index is 0.163. The van der Waals surface area contributed by atoms with E-state index >= 15 is 0 Å². The SMILES string of the molecule is CCNC(Cc1ncnn1CC(C)C)c1cncnc1. The van der Waals surface area contributed by atoms with Crippen LogP contribution in [-0.4, -0.2) is 31.3 Å². The van der Waals surface area contributed by atoms with Crippen molar-refractivity contribution in [1.82, 2.24) is 30.0 Å². The van der Waals surface area contributed by atoms with Crippen molar-refractivity contribution in [2.24, 2.45) is 5.92 Å². The zero-order valence-electron chi connectivity index (χ0n) is 12.3. The second-order valence-corrected chi connectivity index (χ2v) is 5.24. The monoisotopic (exact) mass is 274 g/mol. The van der Waals surface area contributed by atoms with E-state index in [0.29, 0.717) is 5.92 Å². The van der Waals surface area contributed by atoms with Crippen molar-refractivity contribution < 1.29 is 0 Å². The maximum Gasteiger partial charge on any atom is 0.138 e. The van der Waals surface area contributed by atoms with Crippen LogP contribution in [0.1, 0.15) is 38.2 Å². The standard InChI is InChI=1S/C14H22N6/c1-4-17-13(12-6-15-9-16-7-12)5-14-18-10-19-20(14)8-11(2)3/h6-7,9-11,13,17H,4-5,8H2,1-3H3. The van der Waals surface area contributed by atoms with E-state index in [2.05, 4.69) is 46.1 Å². The fourth-order valence-electron chi connectivity index (χ4n) is 2.17. The third-order valence-corrected chi connectivity index (χ3v) is 3.05. The molecule has 20 heavy (non-hydrogen) atoms. The molecule has 0 saturated heterocycles. The first kappa shape index (κ1) is 14.6. The van der Waals surface area contributed by atoms with Crippen LogP contribution in [0, 0.1) is 5.92 Å². The van der Waals surface area contributed by atoms with Gasteiger partial charge in [-0.2, -0.15) is 5.10 Å². The molecule has 2 heterocycles.